The summed E-state index contributed by atoms with van der Waals surface area (Å²) in [6.45, 7) is 4.57. The van der Waals surface area contributed by atoms with Crippen molar-refractivity contribution in [1.29, 1.82) is 0 Å². The third-order valence-corrected chi connectivity index (χ3v) is 4.88. The van der Waals surface area contributed by atoms with Gasteiger partial charge in [0.15, 0.2) is 5.75 Å². The largest absolute Gasteiger partial charge is 0.462 e. The lowest BCUT2D eigenvalue weighted by atomic mass is 10.1. The predicted molar refractivity (Wildman–Crippen MR) is 128 cm³/mol. The van der Waals surface area contributed by atoms with Crippen LogP contribution in [0.4, 0.5) is 11.4 Å². The first-order valence-electron chi connectivity index (χ1n) is 11.6. The minimum Gasteiger partial charge on any atom is -0.462 e. The normalized spacial score (nSPS) is 10.8. The van der Waals surface area contributed by atoms with E-state index in [1.165, 1.54) is 18.2 Å². The van der Waals surface area contributed by atoms with Crippen LogP contribution < -0.4 is 10.2 Å². The van der Waals surface area contributed by atoms with Crippen molar-refractivity contribution in [3.8, 4) is 5.75 Å². The van der Waals surface area contributed by atoms with Gasteiger partial charge in [-0.2, -0.15) is 10.2 Å². The van der Waals surface area contributed by atoms with Gasteiger partial charge < -0.3 is 9.47 Å². The van der Waals surface area contributed by atoms with Crippen molar-refractivity contribution in [1.82, 2.24) is 0 Å². The number of benzene rings is 1. The Labute approximate surface area is 194 Å². The lowest BCUT2D eigenvalue weighted by Crippen LogP contribution is -2.12. The van der Waals surface area contributed by atoms with Gasteiger partial charge in [-0.05, 0) is 61.4 Å². The van der Waals surface area contributed by atoms with Crippen LogP contribution in [0.2, 0.25) is 0 Å². The molecular weight excluding hydrogens is 420 g/mol. The molecule has 0 aliphatic rings. The Balaban J connectivity index is 1.94. The molecule has 0 heterocycles. The maximum absolute atomic E-state index is 12.2. The summed E-state index contributed by atoms with van der Waals surface area (Å²) in [6, 6.07) is 12.4. The molecule has 0 atom stereocenters. The highest BCUT2D eigenvalue weighted by atomic mass is 16.5. The van der Waals surface area contributed by atoms with E-state index in [4.69, 9.17) is 9.47 Å². The summed E-state index contributed by atoms with van der Waals surface area (Å²) in [6.07, 6.45) is 7.19. The summed E-state index contributed by atoms with van der Waals surface area (Å²) in [4.78, 5) is 36.2. The predicted octanol–water partition coefficient (Wildman–Crippen LogP) is 6.69. The molecule has 0 saturated heterocycles. The zero-order valence-corrected chi connectivity index (χ0v) is 19.4. The van der Waals surface area contributed by atoms with Crippen LogP contribution in [0.3, 0.4) is 0 Å². The van der Waals surface area contributed by atoms with Crippen LogP contribution in [0, 0.1) is 0 Å². The number of nitrogens with zero attached hydrogens (tertiary/aromatic N) is 2. The number of esters is 2. The molecule has 0 bridgehead atoms. The van der Waals surface area contributed by atoms with E-state index >= 15 is 0 Å². The molecule has 2 aromatic carbocycles. The minimum absolute atomic E-state index is 0.0269. The van der Waals surface area contributed by atoms with Crippen LogP contribution >= 0.6 is 0 Å². The first kappa shape index (κ1) is 25.9. The van der Waals surface area contributed by atoms with Gasteiger partial charge in [-0.25, -0.2) is 4.79 Å². The minimum atomic E-state index is -0.411. The fourth-order valence-electron chi connectivity index (χ4n) is 2.91. The Morgan fingerprint density at radius 3 is 2.03 bits per heavy atom. The summed E-state index contributed by atoms with van der Waals surface area (Å²) in [7, 11) is 0. The van der Waals surface area contributed by atoms with Gasteiger partial charge in [-0.1, -0.05) is 46.0 Å². The quantitative estimate of drug-likeness (QED) is 0.192. The lowest BCUT2D eigenvalue weighted by Gasteiger charge is -2.03. The number of hydrogen-bond acceptors (Lipinski definition) is 7. The van der Waals surface area contributed by atoms with E-state index in [-0.39, 0.29) is 18.1 Å². The zero-order valence-electron chi connectivity index (χ0n) is 19.4. The van der Waals surface area contributed by atoms with Gasteiger partial charge in [0.25, 0.3) is 0 Å². The Morgan fingerprint density at radius 2 is 1.36 bits per heavy atom. The van der Waals surface area contributed by atoms with Crippen LogP contribution in [0.25, 0.3) is 0 Å². The van der Waals surface area contributed by atoms with Crippen molar-refractivity contribution >= 4 is 23.3 Å². The van der Waals surface area contributed by atoms with Crippen molar-refractivity contribution in [3.05, 3.63) is 64.3 Å². The Kier molecular flexibility index (Phi) is 11.5. The molecule has 0 saturated carbocycles. The molecular formula is C26H32N2O5. The van der Waals surface area contributed by atoms with Gasteiger partial charge in [0.2, 0.25) is 5.43 Å². The monoisotopic (exact) mass is 452 g/mol. The van der Waals surface area contributed by atoms with E-state index in [9.17, 15) is 14.4 Å². The second-order valence-corrected chi connectivity index (χ2v) is 7.69. The molecule has 0 unspecified atom stereocenters. The molecule has 176 valence electrons. The van der Waals surface area contributed by atoms with Crippen LogP contribution in [0.5, 0.6) is 5.75 Å². The molecule has 0 spiro atoms. The highest BCUT2D eigenvalue weighted by Gasteiger charge is 2.08. The van der Waals surface area contributed by atoms with Crippen molar-refractivity contribution in [2.24, 2.45) is 10.2 Å². The van der Waals surface area contributed by atoms with E-state index in [1.54, 1.807) is 30.3 Å². The topological polar surface area (TPSA) is 94.4 Å². The smallest absolute Gasteiger partial charge is 0.338 e. The van der Waals surface area contributed by atoms with Gasteiger partial charge in [0.05, 0.1) is 23.5 Å². The summed E-state index contributed by atoms with van der Waals surface area (Å²) in [5.41, 5.74) is 1.02. The lowest BCUT2D eigenvalue weighted by molar-refractivity contribution is -0.134. The third-order valence-electron chi connectivity index (χ3n) is 4.88. The van der Waals surface area contributed by atoms with Crippen LogP contribution in [0.15, 0.2) is 63.6 Å². The van der Waals surface area contributed by atoms with Crippen molar-refractivity contribution < 1.29 is 19.1 Å². The van der Waals surface area contributed by atoms with E-state index in [0.29, 0.717) is 23.5 Å². The van der Waals surface area contributed by atoms with Gasteiger partial charge in [0.1, 0.15) is 0 Å². The maximum Gasteiger partial charge on any atom is 0.338 e. The average Bonchev–Trinajstić information content (AvgIpc) is 2.99. The number of hydrogen-bond donors (Lipinski definition) is 0. The highest BCUT2D eigenvalue weighted by Crippen LogP contribution is 2.19. The fraction of sp³-hybridized carbons (Fsp3) is 0.423. The molecule has 0 aromatic heterocycles. The van der Waals surface area contributed by atoms with Crippen molar-refractivity contribution in [2.45, 2.75) is 65.2 Å². The van der Waals surface area contributed by atoms with Gasteiger partial charge in [0, 0.05) is 6.42 Å². The molecule has 0 N–H and O–H groups in total. The van der Waals surface area contributed by atoms with Gasteiger partial charge in [-0.15, -0.1) is 0 Å². The second kappa shape index (κ2) is 14.7. The summed E-state index contributed by atoms with van der Waals surface area (Å²) >= 11 is 0. The number of carbonyl (C=O) groups excluding carboxylic acids is 2. The highest BCUT2D eigenvalue weighted by molar-refractivity contribution is 5.89. The molecule has 7 nitrogen and oxygen atoms in total. The molecule has 33 heavy (non-hydrogen) atoms. The average molecular weight is 453 g/mol. The number of unbranched alkanes of at least 4 members (excludes halogenated alkanes) is 5. The first-order valence-corrected chi connectivity index (χ1v) is 11.6. The Morgan fingerprint density at radius 1 is 0.758 bits per heavy atom. The SMILES string of the molecule is CCCCCCCC(=O)Oc1ccc(N=Nc2ccc(C(=O)OCCCC)cc2)ccc1=O. The number of rotatable bonds is 13. The summed E-state index contributed by atoms with van der Waals surface area (Å²) < 4.78 is 10.4. The van der Waals surface area contributed by atoms with E-state index < -0.39 is 11.4 Å². The molecule has 0 aliphatic carbocycles. The molecule has 0 fully saturated rings. The third kappa shape index (κ3) is 9.76. The van der Waals surface area contributed by atoms with Crippen molar-refractivity contribution in [2.75, 3.05) is 6.61 Å². The number of azo groups is 1. The van der Waals surface area contributed by atoms with E-state index in [1.807, 2.05) is 6.92 Å². The summed E-state index contributed by atoms with van der Waals surface area (Å²) in [5, 5.41) is 8.25. The first-order chi connectivity index (χ1) is 16.0. The van der Waals surface area contributed by atoms with E-state index in [2.05, 4.69) is 17.2 Å². The Hall–Kier alpha value is -3.35. The van der Waals surface area contributed by atoms with Gasteiger partial charge in [-0.3, -0.25) is 9.59 Å². The van der Waals surface area contributed by atoms with Crippen LogP contribution in [-0.4, -0.2) is 18.5 Å². The van der Waals surface area contributed by atoms with Gasteiger partial charge >= 0.3 is 11.9 Å². The van der Waals surface area contributed by atoms with Crippen LogP contribution in [0.1, 0.15) is 75.6 Å². The number of carbonyl (C=O) groups is 2. The molecule has 0 amide bonds. The Bertz CT molecular complexity index is 987. The standard InChI is InChI=1S/C26H32N2O5/c1-3-5-7-8-9-10-25(30)33-24-18-16-22(15-17-23(24)29)28-27-21-13-11-20(12-14-21)26(31)32-19-6-4-2/h11-18H,3-10,19H2,1-2H3. The molecule has 7 heteroatoms. The van der Waals surface area contributed by atoms with Crippen LogP contribution in [-0.2, 0) is 9.53 Å². The molecule has 2 rings (SSSR count). The second-order valence-electron chi connectivity index (χ2n) is 7.69. The molecule has 2 aromatic rings. The molecule has 0 radical (unpaired) electrons. The maximum atomic E-state index is 12.2. The van der Waals surface area contributed by atoms with Crippen molar-refractivity contribution in [3.63, 3.8) is 0 Å². The zero-order chi connectivity index (χ0) is 23.9. The number of ether oxygens (including phenoxy) is 2. The fourth-order valence-corrected chi connectivity index (χ4v) is 2.91. The van der Waals surface area contributed by atoms with E-state index in [0.717, 1.165) is 44.9 Å². The molecule has 0 aliphatic heterocycles. The summed E-state index contributed by atoms with van der Waals surface area (Å²) in [5.74, 6) is -0.805.